The second-order valence-electron chi connectivity index (χ2n) is 4.94. The van der Waals surface area contributed by atoms with Crippen molar-refractivity contribution in [2.24, 2.45) is 0 Å². The lowest BCUT2D eigenvalue weighted by Crippen LogP contribution is -2.42. The Balaban J connectivity index is 1.82. The number of aromatic carboxylic acids is 1. The van der Waals surface area contributed by atoms with Gasteiger partial charge in [0, 0.05) is 19.1 Å². The highest BCUT2D eigenvalue weighted by molar-refractivity contribution is 5.90. The molecule has 0 aromatic heterocycles. The Morgan fingerprint density at radius 1 is 1.40 bits per heavy atom. The molecule has 1 aliphatic rings. The minimum Gasteiger partial charge on any atom is -0.493 e. The van der Waals surface area contributed by atoms with Crippen LogP contribution in [-0.4, -0.2) is 54.9 Å². The Morgan fingerprint density at radius 2 is 2.10 bits per heavy atom. The molecule has 0 saturated carbocycles. The van der Waals surface area contributed by atoms with Crippen LogP contribution in [0.25, 0.3) is 0 Å². The average molecular weight is 279 g/mol. The van der Waals surface area contributed by atoms with Crippen LogP contribution in [0.1, 0.15) is 23.7 Å². The Morgan fingerprint density at radius 3 is 2.80 bits per heavy atom. The van der Waals surface area contributed by atoms with Gasteiger partial charge in [-0.15, -0.1) is 0 Å². The number of carboxylic acid groups (broad SMARTS) is 1. The molecule has 0 radical (unpaired) electrons. The average Bonchev–Trinajstić information content (AvgIpc) is 2.48. The lowest BCUT2D eigenvalue weighted by atomic mass is 10.2. The Bertz CT molecular complexity index is 443. The molecule has 1 atom stereocenters. The van der Waals surface area contributed by atoms with Crippen LogP contribution in [0, 0.1) is 0 Å². The minimum atomic E-state index is -0.957. The van der Waals surface area contributed by atoms with E-state index >= 15 is 0 Å². The first-order valence-corrected chi connectivity index (χ1v) is 6.95. The zero-order valence-electron chi connectivity index (χ0n) is 11.7. The highest BCUT2D eigenvalue weighted by Gasteiger charge is 2.17. The van der Waals surface area contributed by atoms with E-state index in [-0.39, 0.29) is 5.56 Å². The predicted molar refractivity (Wildman–Crippen MR) is 75.4 cm³/mol. The van der Waals surface area contributed by atoms with Gasteiger partial charge in [-0.2, -0.15) is 0 Å². The molecule has 1 aromatic rings. The van der Waals surface area contributed by atoms with E-state index < -0.39 is 5.97 Å². The van der Waals surface area contributed by atoms with Gasteiger partial charge in [-0.25, -0.2) is 4.79 Å². The van der Waals surface area contributed by atoms with Crippen LogP contribution in [0.2, 0.25) is 0 Å². The monoisotopic (exact) mass is 279 g/mol. The molecule has 1 saturated heterocycles. The van der Waals surface area contributed by atoms with Gasteiger partial charge in [-0.3, -0.25) is 4.90 Å². The van der Waals surface area contributed by atoms with Crippen LogP contribution in [0.4, 0.5) is 0 Å². The van der Waals surface area contributed by atoms with E-state index in [0.29, 0.717) is 18.4 Å². The molecule has 2 rings (SSSR count). The normalized spacial score (nSPS) is 17.6. The lowest BCUT2D eigenvalue weighted by Gasteiger charge is -2.32. The van der Waals surface area contributed by atoms with E-state index in [1.54, 1.807) is 24.3 Å². The fraction of sp³-hybridized carbons (Fsp3) is 0.533. The van der Waals surface area contributed by atoms with Gasteiger partial charge in [0.1, 0.15) is 11.3 Å². The topological polar surface area (TPSA) is 59.0 Å². The van der Waals surface area contributed by atoms with Crippen LogP contribution < -0.4 is 4.74 Å². The Labute approximate surface area is 119 Å². The van der Waals surface area contributed by atoms with Crippen LogP contribution in [-0.2, 0) is 4.74 Å². The Kier molecular flexibility index (Phi) is 5.38. The summed E-state index contributed by atoms with van der Waals surface area (Å²) in [5, 5.41) is 9.08. The molecule has 1 aliphatic heterocycles. The summed E-state index contributed by atoms with van der Waals surface area (Å²) in [6.45, 7) is 6.15. The quantitative estimate of drug-likeness (QED) is 0.861. The summed E-state index contributed by atoms with van der Waals surface area (Å²) in [5.74, 6) is -0.518. The summed E-state index contributed by atoms with van der Waals surface area (Å²) < 4.78 is 10.9. The first-order chi connectivity index (χ1) is 9.68. The van der Waals surface area contributed by atoms with Gasteiger partial charge in [-0.05, 0) is 25.5 Å². The Hall–Kier alpha value is -1.59. The maximum atomic E-state index is 11.1. The largest absolute Gasteiger partial charge is 0.493 e. The number of benzene rings is 1. The third kappa shape index (κ3) is 3.95. The molecular formula is C15H21NO4. The number of hydrogen-bond donors (Lipinski definition) is 1. The van der Waals surface area contributed by atoms with E-state index in [1.807, 2.05) is 0 Å². The van der Waals surface area contributed by atoms with Gasteiger partial charge < -0.3 is 14.6 Å². The number of carbonyl (C=O) groups is 1. The fourth-order valence-corrected chi connectivity index (χ4v) is 2.31. The second-order valence-corrected chi connectivity index (χ2v) is 4.94. The molecule has 5 heteroatoms. The molecule has 20 heavy (non-hydrogen) atoms. The number of hydrogen-bond acceptors (Lipinski definition) is 4. The number of rotatable bonds is 6. The third-order valence-electron chi connectivity index (χ3n) is 3.58. The van der Waals surface area contributed by atoms with Crippen LogP contribution in [0.15, 0.2) is 24.3 Å². The number of nitrogens with zero attached hydrogens (tertiary/aromatic N) is 1. The van der Waals surface area contributed by atoms with Crippen molar-refractivity contribution in [2.75, 3.05) is 32.9 Å². The molecule has 5 nitrogen and oxygen atoms in total. The number of morpholine rings is 1. The highest BCUT2D eigenvalue weighted by Crippen LogP contribution is 2.18. The van der Waals surface area contributed by atoms with Crippen molar-refractivity contribution in [1.29, 1.82) is 0 Å². The number of carboxylic acids is 1. The first-order valence-electron chi connectivity index (χ1n) is 6.95. The highest BCUT2D eigenvalue weighted by atomic mass is 16.5. The molecule has 110 valence electrons. The molecule has 1 heterocycles. The summed E-state index contributed by atoms with van der Waals surface area (Å²) >= 11 is 0. The lowest BCUT2D eigenvalue weighted by molar-refractivity contribution is 0.0161. The van der Waals surface area contributed by atoms with Crippen molar-refractivity contribution in [2.45, 2.75) is 19.4 Å². The SMILES string of the molecule is CC(CCOc1ccccc1C(=O)O)N1CCOCC1. The minimum absolute atomic E-state index is 0.214. The van der Waals surface area contributed by atoms with E-state index in [0.717, 1.165) is 32.7 Å². The molecular weight excluding hydrogens is 258 g/mol. The molecule has 1 aromatic carbocycles. The van der Waals surface area contributed by atoms with Crippen LogP contribution in [0.3, 0.4) is 0 Å². The van der Waals surface area contributed by atoms with Crippen molar-refractivity contribution in [1.82, 2.24) is 4.90 Å². The summed E-state index contributed by atoms with van der Waals surface area (Å²) in [5.41, 5.74) is 0.214. The van der Waals surface area contributed by atoms with Crippen molar-refractivity contribution in [3.63, 3.8) is 0 Å². The number of para-hydroxylation sites is 1. The summed E-state index contributed by atoms with van der Waals surface area (Å²) in [7, 11) is 0. The third-order valence-corrected chi connectivity index (χ3v) is 3.58. The van der Waals surface area contributed by atoms with Crippen molar-refractivity contribution in [3.8, 4) is 5.75 Å². The van der Waals surface area contributed by atoms with Crippen LogP contribution in [0.5, 0.6) is 5.75 Å². The molecule has 0 bridgehead atoms. The molecule has 1 N–H and O–H groups in total. The van der Waals surface area contributed by atoms with Crippen LogP contribution >= 0.6 is 0 Å². The summed E-state index contributed by atoms with van der Waals surface area (Å²) in [6.07, 6.45) is 0.869. The molecule has 0 spiro atoms. The molecule has 1 fully saturated rings. The van der Waals surface area contributed by atoms with Gasteiger partial charge in [0.15, 0.2) is 0 Å². The van der Waals surface area contributed by atoms with E-state index in [9.17, 15) is 4.79 Å². The summed E-state index contributed by atoms with van der Waals surface area (Å²) in [4.78, 5) is 13.4. The van der Waals surface area contributed by atoms with E-state index in [2.05, 4.69) is 11.8 Å². The van der Waals surface area contributed by atoms with Crippen molar-refractivity contribution in [3.05, 3.63) is 29.8 Å². The molecule has 1 unspecified atom stereocenters. The van der Waals surface area contributed by atoms with E-state index in [4.69, 9.17) is 14.6 Å². The molecule has 0 amide bonds. The van der Waals surface area contributed by atoms with Crippen molar-refractivity contribution >= 4 is 5.97 Å². The van der Waals surface area contributed by atoms with Crippen molar-refractivity contribution < 1.29 is 19.4 Å². The smallest absolute Gasteiger partial charge is 0.339 e. The molecule has 0 aliphatic carbocycles. The van der Waals surface area contributed by atoms with Gasteiger partial charge in [0.25, 0.3) is 0 Å². The standard InChI is InChI=1S/C15H21NO4/c1-12(16-7-10-19-11-8-16)6-9-20-14-5-3-2-4-13(14)15(17)18/h2-5,12H,6-11H2,1H3,(H,17,18). The maximum absolute atomic E-state index is 11.1. The van der Waals surface area contributed by atoms with E-state index in [1.165, 1.54) is 0 Å². The zero-order valence-corrected chi connectivity index (χ0v) is 11.7. The number of ether oxygens (including phenoxy) is 2. The second kappa shape index (κ2) is 7.26. The van der Waals surface area contributed by atoms with Gasteiger partial charge in [-0.1, -0.05) is 12.1 Å². The predicted octanol–water partition coefficient (Wildman–Crippen LogP) is 1.87. The first kappa shape index (κ1) is 14.8. The zero-order chi connectivity index (χ0) is 14.4. The maximum Gasteiger partial charge on any atom is 0.339 e. The summed E-state index contributed by atoms with van der Waals surface area (Å²) in [6, 6.07) is 7.15. The van der Waals surface area contributed by atoms with Gasteiger partial charge in [0.05, 0.1) is 19.8 Å². The van der Waals surface area contributed by atoms with Gasteiger partial charge >= 0.3 is 5.97 Å². The fourth-order valence-electron chi connectivity index (χ4n) is 2.31. The van der Waals surface area contributed by atoms with Gasteiger partial charge in [0.2, 0.25) is 0 Å².